The van der Waals surface area contributed by atoms with Crippen molar-refractivity contribution in [3.63, 3.8) is 0 Å². The molecule has 110 valence electrons. The number of hydrogen-bond acceptors (Lipinski definition) is 2. The number of rotatable bonds is 4. The standard InChI is InChI=1S/C16H30N2O/c1-3-7-16(19)18-11-13(2)10-15(12-18)17-14-8-5-4-6-9-14/h13-15,17H,3-12H2,1-2H3. The van der Waals surface area contributed by atoms with Crippen molar-refractivity contribution in [1.29, 1.82) is 0 Å². The highest BCUT2D eigenvalue weighted by Gasteiger charge is 2.28. The summed E-state index contributed by atoms with van der Waals surface area (Å²) in [4.78, 5) is 14.2. The number of amides is 1. The zero-order valence-electron chi connectivity index (χ0n) is 12.7. The number of carbonyl (C=O) groups is 1. The van der Waals surface area contributed by atoms with Crippen LogP contribution in [0.3, 0.4) is 0 Å². The molecule has 19 heavy (non-hydrogen) atoms. The SMILES string of the molecule is CCCC(=O)N1CC(C)CC(NC2CCCCC2)C1. The van der Waals surface area contributed by atoms with Crippen LogP contribution >= 0.6 is 0 Å². The van der Waals surface area contributed by atoms with Gasteiger partial charge < -0.3 is 10.2 Å². The number of piperidine rings is 1. The van der Waals surface area contributed by atoms with Gasteiger partial charge in [0.15, 0.2) is 0 Å². The fourth-order valence-electron chi connectivity index (χ4n) is 3.65. The van der Waals surface area contributed by atoms with E-state index in [0.717, 1.165) is 19.5 Å². The lowest BCUT2D eigenvalue weighted by Gasteiger charge is -2.39. The highest BCUT2D eigenvalue weighted by molar-refractivity contribution is 5.76. The van der Waals surface area contributed by atoms with Crippen LogP contribution in [-0.2, 0) is 4.79 Å². The molecule has 2 fully saturated rings. The van der Waals surface area contributed by atoms with Gasteiger partial charge in [-0.05, 0) is 31.6 Å². The summed E-state index contributed by atoms with van der Waals surface area (Å²) in [5.41, 5.74) is 0. The van der Waals surface area contributed by atoms with E-state index in [1.54, 1.807) is 0 Å². The Morgan fingerprint density at radius 2 is 1.89 bits per heavy atom. The predicted molar refractivity (Wildman–Crippen MR) is 79.1 cm³/mol. The minimum atomic E-state index is 0.351. The van der Waals surface area contributed by atoms with Crippen LogP contribution in [0, 0.1) is 5.92 Å². The molecule has 3 nitrogen and oxygen atoms in total. The fraction of sp³-hybridized carbons (Fsp3) is 0.938. The summed E-state index contributed by atoms with van der Waals surface area (Å²) in [5.74, 6) is 0.986. The van der Waals surface area contributed by atoms with Gasteiger partial charge in [-0.15, -0.1) is 0 Å². The maximum absolute atomic E-state index is 12.1. The Balaban J connectivity index is 1.84. The molecule has 1 aliphatic carbocycles. The van der Waals surface area contributed by atoms with Gasteiger partial charge in [0.05, 0.1) is 0 Å². The van der Waals surface area contributed by atoms with Crippen LogP contribution in [0.5, 0.6) is 0 Å². The Morgan fingerprint density at radius 3 is 2.58 bits per heavy atom. The number of nitrogens with one attached hydrogen (secondary N) is 1. The second-order valence-corrected chi connectivity index (χ2v) is 6.59. The third kappa shape index (κ3) is 4.48. The van der Waals surface area contributed by atoms with E-state index in [0.29, 0.717) is 30.3 Å². The quantitative estimate of drug-likeness (QED) is 0.848. The van der Waals surface area contributed by atoms with Crippen molar-refractivity contribution in [3.8, 4) is 0 Å². The van der Waals surface area contributed by atoms with Gasteiger partial charge in [-0.3, -0.25) is 4.79 Å². The van der Waals surface area contributed by atoms with Gasteiger partial charge in [0.2, 0.25) is 5.91 Å². The molecule has 1 aliphatic heterocycles. The van der Waals surface area contributed by atoms with E-state index in [9.17, 15) is 4.79 Å². The van der Waals surface area contributed by atoms with Crippen LogP contribution < -0.4 is 5.32 Å². The Bertz CT molecular complexity index is 286. The van der Waals surface area contributed by atoms with Crippen molar-refractivity contribution < 1.29 is 4.79 Å². The lowest BCUT2D eigenvalue weighted by atomic mass is 9.91. The molecule has 0 bridgehead atoms. The molecule has 1 heterocycles. The van der Waals surface area contributed by atoms with Crippen LogP contribution in [0.2, 0.25) is 0 Å². The number of carbonyl (C=O) groups excluding carboxylic acids is 1. The molecule has 0 aromatic heterocycles. The molecule has 0 radical (unpaired) electrons. The predicted octanol–water partition coefficient (Wildman–Crippen LogP) is 2.95. The zero-order chi connectivity index (χ0) is 13.7. The molecular weight excluding hydrogens is 236 g/mol. The average molecular weight is 266 g/mol. The maximum atomic E-state index is 12.1. The first-order valence-electron chi connectivity index (χ1n) is 8.23. The summed E-state index contributed by atoms with van der Waals surface area (Å²) in [5, 5.41) is 3.82. The average Bonchev–Trinajstić information content (AvgIpc) is 2.39. The zero-order valence-corrected chi connectivity index (χ0v) is 12.7. The van der Waals surface area contributed by atoms with Crippen molar-refractivity contribution >= 4 is 5.91 Å². The lowest BCUT2D eigenvalue weighted by Crippen LogP contribution is -2.53. The highest BCUT2D eigenvalue weighted by atomic mass is 16.2. The van der Waals surface area contributed by atoms with Crippen molar-refractivity contribution in [1.82, 2.24) is 10.2 Å². The Labute approximate surface area is 118 Å². The molecule has 1 N–H and O–H groups in total. The van der Waals surface area contributed by atoms with Gasteiger partial charge in [-0.2, -0.15) is 0 Å². The molecule has 1 saturated carbocycles. The van der Waals surface area contributed by atoms with Gasteiger partial charge in [-0.1, -0.05) is 33.1 Å². The Kier molecular flexibility index (Phi) is 5.68. The summed E-state index contributed by atoms with van der Waals surface area (Å²) in [6.45, 7) is 6.26. The first kappa shape index (κ1) is 14.8. The van der Waals surface area contributed by atoms with E-state index in [1.165, 1.54) is 38.5 Å². The van der Waals surface area contributed by atoms with E-state index >= 15 is 0 Å². The summed E-state index contributed by atoms with van der Waals surface area (Å²) in [6.07, 6.45) is 9.71. The van der Waals surface area contributed by atoms with Gasteiger partial charge in [0.1, 0.15) is 0 Å². The first-order chi connectivity index (χ1) is 9.19. The molecule has 3 heteroatoms. The van der Waals surface area contributed by atoms with E-state index in [4.69, 9.17) is 0 Å². The number of likely N-dealkylation sites (tertiary alicyclic amines) is 1. The second kappa shape index (κ2) is 7.28. The summed E-state index contributed by atoms with van der Waals surface area (Å²) in [7, 11) is 0. The van der Waals surface area contributed by atoms with Crippen LogP contribution in [0.4, 0.5) is 0 Å². The molecule has 1 saturated heterocycles. The summed E-state index contributed by atoms with van der Waals surface area (Å²) < 4.78 is 0. The Morgan fingerprint density at radius 1 is 1.16 bits per heavy atom. The third-order valence-electron chi connectivity index (χ3n) is 4.55. The third-order valence-corrected chi connectivity index (χ3v) is 4.55. The van der Waals surface area contributed by atoms with Crippen molar-refractivity contribution in [2.75, 3.05) is 13.1 Å². The van der Waals surface area contributed by atoms with Crippen molar-refractivity contribution in [2.24, 2.45) is 5.92 Å². The molecular formula is C16H30N2O. The van der Waals surface area contributed by atoms with E-state index < -0.39 is 0 Å². The van der Waals surface area contributed by atoms with Crippen LogP contribution in [0.25, 0.3) is 0 Å². The van der Waals surface area contributed by atoms with Gasteiger partial charge in [0, 0.05) is 31.6 Å². The van der Waals surface area contributed by atoms with Crippen molar-refractivity contribution in [3.05, 3.63) is 0 Å². The van der Waals surface area contributed by atoms with E-state index in [1.807, 2.05) is 0 Å². The number of nitrogens with zero attached hydrogens (tertiary/aromatic N) is 1. The van der Waals surface area contributed by atoms with E-state index in [-0.39, 0.29) is 0 Å². The van der Waals surface area contributed by atoms with Crippen LogP contribution in [-0.4, -0.2) is 36.0 Å². The normalized spacial score (nSPS) is 29.5. The topological polar surface area (TPSA) is 32.3 Å². The molecule has 2 aliphatic rings. The van der Waals surface area contributed by atoms with Crippen LogP contribution in [0.1, 0.15) is 65.2 Å². The fourth-order valence-corrected chi connectivity index (χ4v) is 3.65. The second-order valence-electron chi connectivity index (χ2n) is 6.59. The Hall–Kier alpha value is -0.570. The number of hydrogen-bond donors (Lipinski definition) is 1. The smallest absolute Gasteiger partial charge is 0.222 e. The molecule has 2 rings (SSSR count). The maximum Gasteiger partial charge on any atom is 0.222 e. The monoisotopic (exact) mass is 266 g/mol. The highest BCUT2D eigenvalue weighted by Crippen LogP contribution is 2.22. The summed E-state index contributed by atoms with van der Waals surface area (Å²) >= 11 is 0. The van der Waals surface area contributed by atoms with Gasteiger partial charge >= 0.3 is 0 Å². The van der Waals surface area contributed by atoms with Crippen molar-refractivity contribution in [2.45, 2.75) is 77.3 Å². The molecule has 0 aromatic rings. The molecule has 2 atom stereocenters. The molecule has 0 aromatic carbocycles. The minimum Gasteiger partial charge on any atom is -0.341 e. The van der Waals surface area contributed by atoms with Crippen LogP contribution in [0.15, 0.2) is 0 Å². The first-order valence-corrected chi connectivity index (χ1v) is 8.23. The molecule has 1 amide bonds. The van der Waals surface area contributed by atoms with Gasteiger partial charge in [-0.25, -0.2) is 0 Å². The lowest BCUT2D eigenvalue weighted by molar-refractivity contribution is -0.133. The van der Waals surface area contributed by atoms with E-state index in [2.05, 4.69) is 24.1 Å². The summed E-state index contributed by atoms with van der Waals surface area (Å²) in [6, 6.07) is 1.22. The molecule has 0 spiro atoms. The minimum absolute atomic E-state index is 0.351. The van der Waals surface area contributed by atoms with Gasteiger partial charge in [0.25, 0.3) is 0 Å². The molecule has 2 unspecified atom stereocenters. The largest absolute Gasteiger partial charge is 0.341 e.